The van der Waals surface area contributed by atoms with Crippen LogP contribution < -0.4 is 0 Å². The van der Waals surface area contributed by atoms with E-state index in [0.717, 1.165) is 16.8 Å². The van der Waals surface area contributed by atoms with Crippen molar-refractivity contribution in [1.29, 1.82) is 0 Å². The highest BCUT2D eigenvalue weighted by molar-refractivity contribution is 5.90. The maximum atomic E-state index is 13.3. The lowest BCUT2D eigenvalue weighted by atomic mass is 9.72. The smallest absolute Gasteiger partial charge is 0.259 e. The molecule has 1 N–H and O–H groups in total. The third kappa shape index (κ3) is 2.79. The van der Waals surface area contributed by atoms with Gasteiger partial charge in [-0.25, -0.2) is 4.39 Å². The Morgan fingerprint density at radius 1 is 1.35 bits per heavy atom. The van der Waals surface area contributed by atoms with Gasteiger partial charge in [0.05, 0.1) is 6.61 Å². The number of carbonyl (C=O) groups excluding carboxylic acids is 1. The van der Waals surface area contributed by atoms with Gasteiger partial charge in [-0.15, -0.1) is 0 Å². The van der Waals surface area contributed by atoms with Gasteiger partial charge in [0.2, 0.25) is 0 Å². The molecule has 0 radical (unpaired) electrons. The number of allylic oxidation sites excluding steroid dienone is 1. The third-order valence-electron chi connectivity index (χ3n) is 4.66. The van der Waals surface area contributed by atoms with E-state index in [4.69, 9.17) is 4.74 Å². The van der Waals surface area contributed by atoms with Crippen LogP contribution in [0.3, 0.4) is 0 Å². The van der Waals surface area contributed by atoms with Gasteiger partial charge in [-0.2, -0.15) is 0 Å². The first kappa shape index (κ1) is 17.6. The number of rotatable bonds is 4. The van der Waals surface area contributed by atoms with Crippen molar-refractivity contribution < 1.29 is 19.0 Å². The fraction of sp³-hybridized carbons (Fsp3) is 0.500. The van der Waals surface area contributed by atoms with Crippen LogP contribution in [0.25, 0.3) is 0 Å². The number of aliphatic hydroxyl groups excluding tert-OH is 1. The molecule has 1 aliphatic rings. The summed E-state index contributed by atoms with van der Waals surface area (Å²) in [4.78, 5) is 14.5. The molecule has 1 aromatic carbocycles. The zero-order valence-electron chi connectivity index (χ0n) is 14.3. The van der Waals surface area contributed by atoms with E-state index >= 15 is 0 Å². The summed E-state index contributed by atoms with van der Waals surface area (Å²) in [6, 6.07) is 6.00. The lowest BCUT2D eigenvalue weighted by Crippen LogP contribution is -2.56. The summed E-state index contributed by atoms with van der Waals surface area (Å²) in [6.07, 6.45) is 0. The van der Waals surface area contributed by atoms with Crippen LogP contribution in [0.1, 0.15) is 32.3 Å². The number of halogens is 1. The van der Waals surface area contributed by atoms with Crippen LogP contribution in [-0.2, 0) is 9.53 Å². The van der Waals surface area contributed by atoms with Gasteiger partial charge in [-0.3, -0.25) is 4.79 Å². The van der Waals surface area contributed by atoms with E-state index in [-0.39, 0.29) is 24.2 Å². The Balaban J connectivity index is 2.74. The molecule has 1 aliphatic heterocycles. The molecule has 126 valence electrons. The zero-order chi connectivity index (χ0) is 17.4. The predicted octanol–water partition coefficient (Wildman–Crippen LogP) is 2.69. The molecule has 1 amide bonds. The number of benzene rings is 1. The van der Waals surface area contributed by atoms with E-state index in [1.165, 1.54) is 19.2 Å². The second-order valence-electron chi connectivity index (χ2n) is 6.38. The van der Waals surface area contributed by atoms with E-state index in [1.807, 2.05) is 13.8 Å². The lowest BCUT2D eigenvalue weighted by Gasteiger charge is -2.46. The molecular weight excluding hydrogens is 297 g/mol. The third-order valence-corrected chi connectivity index (χ3v) is 4.66. The minimum Gasteiger partial charge on any atom is -0.392 e. The Labute approximate surface area is 136 Å². The van der Waals surface area contributed by atoms with Gasteiger partial charge in [-0.05, 0) is 36.1 Å². The fourth-order valence-corrected chi connectivity index (χ4v) is 3.57. The Hall–Kier alpha value is -1.72. The monoisotopic (exact) mass is 321 g/mol. The highest BCUT2D eigenvalue weighted by Crippen LogP contribution is 2.45. The standard InChI is InChI=1S/C18H24FNO3/c1-11(2)16-14(10-21)15(12-6-8-13(19)9-7-12)18(3,23-5)17(22)20(16)4/h6-9,11,15,21H,10H2,1-5H3. The molecule has 1 heterocycles. The molecular formula is C18H24FNO3. The summed E-state index contributed by atoms with van der Waals surface area (Å²) in [6.45, 7) is 5.48. The first-order valence-electron chi connectivity index (χ1n) is 7.70. The number of carbonyl (C=O) groups is 1. The van der Waals surface area contributed by atoms with Crippen molar-refractivity contribution in [2.45, 2.75) is 32.3 Å². The van der Waals surface area contributed by atoms with Gasteiger partial charge in [0.1, 0.15) is 5.82 Å². The van der Waals surface area contributed by atoms with Crippen molar-refractivity contribution in [3.8, 4) is 0 Å². The number of amides is 1. The number of likely N-dealkylation sites (N-methyl/N-ethyl adjacent to an activating group) is 1. The first-order valence-corrected chi connectivity index (χ1v) is 7.70. The summed E-state index contributed by atoms with van der Waals surface area (Å²) in [7, 11) is 3.18. The summed E-state index contributed by atoms with van der Waals surface area (Å²) in [5, 5.41) is 10.0. The van der Waals surface area contributed by atoms with E-state index in [9.17, 15) is 14.3 Å². The Bertz CT molecular complexity index is 624. The van der Waals surface area contributed by atoms with Gasteiger partial charge < -0.3 is 14.7 Å². The molecule has 0 spiro atoms. The van der Waals surface area contributed by atoms with Gasteiger partial charge >= 0.3 is 0 Å². The Morgan fingerprint density at radius 3 is 2.35 bits per heavy atom. The van der Waals surface area contributed by atoms with E-state index < -0.39 is 11.5 Å². The molecule has 2 atom stereocenters. The number of hydrogen-bond acceptors (Lipinski definition) is 3. The number of aliphatic hydroxyl groups is 1. The highest BCUT2D eigenvalue weighted by Gasteiger charge is 2.51. The van der Waals surface area contributed by atoms with Crippen molar-refractivity contribution in [3.05, 3.63) is 46.9 Å². The number of methoxy groups -OCH3 is 1. The molecule has 0 fully saturated rings. The quantitative estimate of drug-likeness (QED) is 0.927. The van der Waals surface area contributed by atoms with Gasteiger partial charge in [0.25, 0.3) is 5.91 Å². The van der Waals surface area contributed by atoms with E-state index in [2.05, 4.69) is 0 Å². The summed E-state index contributed by atoms with van der Waals surface area (Å²) >= 11 is 0. The van der Waals surface area contributed by atoms with E-state index in [1.54, 1.807) is 31.0 Å². The molecule has 2 unspecified atom stereocenters. The van der Waals surface area contributed by atoms with Crippen LogP contribution in [0, 0.1) is 11.7 Å². The number of hydrogen-bond donors (Lipinski definition) is 1. The largest absolute Gasteiger partial charge is 0.392 e. The van der Waals surface area contributed by atoms with Gasteiger partial charge in [0.15, 0.2) is 5.60 Å². The SMILES string of the molecule is COC1(C)C(=O)N(C)C(C(C)C)=C(CO)C1c1ccc(F)cc1. The van der Waals surface area contributed by atoms with Crippen molar-refractivity contribution >= 4 is 5.91 Å². The van der Waals surface area contributed by atoms with Crippen LogP contribution in [0.2, 0.25) is 0 Å². The topological polar surface area (TPSA) is 49.8 Å². The molecule has 0 aromatic heterocycles. The van der Waals surface area contributed by atoms with Crippen molar-refractivity contribution in [2.75, 3.05) is 20.8 Å². The molecule has 0 bridgehead atoms. The lowest BCUT2D eigenvalue weighted by molar-refractivity contribution is -0.154. The number of nitrogens with zero attached hydrogens (tertiary/aromatic N) is 1. The summed E-state index contributed by atoms with van der Waals surface area (Å²) < 4.78 is 18.9. The first-order chi connectivity index (χ1) is 10.8. The maximum Gasteiger partial charge on any atom is 0.259 e. The summed E-state index contributed by atoms with van der Waals surface area (Å²) in [5.74, 6) is -0.907. The average molecular weight is 321 g/mol. The molecule has 0 saturated carbocycles. The van der Waals surface area contributed by atoms with E-state index in [0.29, 0.717) is 0 Å². The molecule has 0 aliphatic carbocycles. The highest BCUT2D eigenvalue weighted by atomic mass is 19.1. The second-order valence-corrected chi connectivity index (χ2v) is 6.38. The fourth-order valence-electron chi connectivity index (χ4n) is 3.57. The van der Waals surface area contributed by atoms with Crippen LogP contribution in [0.4, 0.5) is 4.39 Å². The summed E-state index contributed by atoms with van der Waals surface area (Å²) in [5.41, 5.74) is 1.13. The zero-order valence-corrected chi connectivity index (χ0v) is 14.3. The Kier molecular flexibility index (Phi) is 4.92. The molecule has 23 heavy (non-hydrogen) atoms. The minimum absolute atomic E-state index is 0.0652. The minimum atomic E-state index is -1.15. The molecule has 4 nitrogen and oxygen atoms in total. The van der Waals surface area contributed by atoms with Crippen LogP contribution in [-0.4, -0.2) is 42.3 Å². The van der Waals surface area contributed by atoms with Gasteiger partial charge in [0, 0.05) is 25.8 Å². The normalized spacial score (nSPS) is 25.5. The Morgan fingerprint density at radius 2 is 1.91 bits per heavy atom. The second kappa shape index (κ2) is 6.42. The number of ether oxygens (including phenoxy) is 1. The van der Waals surface area contributed by atoms with Crippen molar-refractivity contribution in [2.24, 2.45) is 5.92 Å². The predicted molar refractivity (Wildman–Crippen MR) is 86.3 cm³/mol. The van der Waals surface area contributed by atoms with Crippen LogP contribution in [0.5, 0.6) is 0 Å². The molecule has 5 heteroatoms. The van der Waals surface area contributed by atoms with Gasteiger partial charge in [-0.1, -0.05) is 26.0 Å². The van der Waals surface area contributed by atoms with Crippen molar-refractivity contribution in [3.63, 3.8) is 0 Å². The molecule has 1 aromatic rings. The average Bonchev–Trinajstić information content (AvgIpc) is 2.53. The van der Waals surface area contributed by atoms with Crippen LogP contribution >= 0.6 is 0 Å². The van der Waals surface area contributed by atoms with Crippen LogP contribution in [0.15, 0.2) is 35.5 Å². The maximum absolute atomic E-state index is 13.3. The molecule has 0 saturated heterocycles. The molecule has 2 rings (SSSR count). The van der Waals surface area contributed by atoms with Crippen molar-refractivity contribution in [1.82, 2.24) is 4.90 Å².